The van der Waals surface area contributed by atoms with E-state index >= 15 is 0 Å². The highest BCUT2D eigenvalue weighted by Gasteiger charge is 2.38. The van der Waals surface area contributed by atoms with Crippen LogP contribution in [0.15, 0.2) is 41.2 Å². The number of nitrogens with zero attached hydrogens (tertiary/aromatic N) is 2. The first-order valence-electron chi connectivity index (χ1n) is 10.2. The van der Waals surface area contributed by atoms with Gasteiger partial charge in [-0.2, -0.15) is 11.8 Å². The fourth-order valence-electron chi connectivity index (χ4n) is 4.48. The number of aromatic nitrogens is 1. The van der Waals surface area contributed by atoms with Crippen LogP contribution < -0.4 is 20.9 Å². The molecule has 0 spiro atoms. The minimum absolute atomic E-state index is 0.00685. The molecular weight excluding hydrogens is 416 g/mol. The summed E-state index contributed by atoms with van der Waals surface area (Å²) in [7, 11) is 1.60. The Balaban J connectivity index is 1.54. The van der Waals surface area contributed by atoms with Crippen LogP contribution in [-0.4, -0.2) is 53.6 Å². The number of methoxy groups -OCH3 is 1. The van der Waals surface area contributed by atoms with Crippen LogP contribution in [0.1, 0.15) is 18.0 Å². The predicted molar refractivity (Wildman–Crippen MR) is 122 cm³/mol. The number of amides is 3. The summed E-state index contributed by atoms with van der Waals surface area (Å²) < 4.78 is 6.93. The number of urea groups is 1. The SMILES string of the molecule is COc1ccc(NC(=O)N2CC3CC(C2)c2c(NC(=O)CSC)ccc(=O)n2C3)cc1. The quantitative estimate of drug-likeness (QED) is 0.743. The minimum Gasteiger partial charge on any atom is -0.497 e. The van der Waals surface area contributed by atoms with Gasteiger partial charge in [-0.05, 0) is 48.9 Å². The molecule has 2 atom stereocenters. The molecule has 0 radical (unpaired) electrons. The summed E-state index contributed by atoms with van der Waals surface area (Å²) >= 11 is 1.45. The highest BCUT2D eigenvalue weighted by molar-refractivity contribution is 7.99. The lowest BCUT2D eigenvalue weighted by molar-refractivity contribution is -0.113. The van der Waals surface area contributed by atoms with Gasteiger partial charge >= 0.3 is 6.03 Å². The lowest BCUT2D eigenvalue weighted by Crippen LogP contribution is -2.50. The number of hydrogen-bond donors (Lipinski definition) is 2. The fraction of sp³-hybridized carbons (Fsp3) is 0.409. The number of fused-ring (bicyclic) bond motifs is 4. The van der Waals surface area contributed by atoms with Crippen molar-refractivity contribution in [3.8, 4) is 5.75 Å². The van der Waals surface area contributed by atoms with Gasteiger partial charge in [-0.3, -0.25) is 9.59 Å². The molecule has 2 unspecified atom stereocenters. The third kappa shape index (κ3) is 4.56. The van der Waals surface area contributed by atoms with Gasteiger partial charge in [-0.1, -0.05) is 0 Å². The van der Waals surface area contributed by atoms with E-state index in [1.54, 1.807) is 46.9 Å². The lowest BCUT2D eigenvalue weighted by atomic mass is 9.82. The average Bonchev–Trinajstić information content (AvgIpc) is 2.76. The molecule has 1 fully saturated rings. The average molecular weight is 443 g/mol. The van der Waals surface area contributed by atoms with E-state index in [4.69, 9.17) is 4.74 Å². The third-order valence-corrected chi connectivity index (χ3v) is 6.32. The van der Waals surface area contributed by atoms with Gasteiger partial charge in [-0.25, -0.2) is 4.79 Å². The smallest absolute Gasteiger partial charge is 0.321 e. The topological polar surface area (TPSA) is 92.7 Å². The van der Waals surface area contributed by atoms with Gasteiger partial charge in [0.2, 0.25) is 5.91 Å². The molecule has 2 aliphatic heterocycles. The van der Waals surface area contributed by atoms with Crippen LogP contribution in [0, 0.1) is 5.92 Å². The largest absolute Gasteiger partial charge is 0.497 e. The van der Waals surface area contributed by atoms with Gasteiger partial charge in [0.05, 0.1) is 18.6 Å². The number of carbonyl (C=O) groups excluding carboxylic acids is 2. The second-order valence-electron chi connectivity index (χ2n) is 7.92. The zero-order chi connectivity index (χ0) is 22.0. The fourth-order valence-corrected chi connectivity index (χ4v) is 4.82. The zero-order valence-corrected chi connectivity index (χ0v) is 18.4. The van der Waals surface area contributed by atoms with E-state index in [1.165, 1.54) is 17.8 Å². The van der Waals surface area contributed by atoms with Crippen molar-refractivity contribution in [2.45, 2.75) is 18.9 Å². The molecule has 0 aliphatic carbocycles. The maximum atomic E-state index is 12.9. The summed E-state index contributed by atoms with van der Waals surface area (Å²) in [5, 5.41) is 5.89. The van der Waals surface area contributed by atoms with Crippen molar-refractivity contribution in [3.63, 3.8) is 0 Å². The van der Waals surface area contributed by atoms with Gasteiger partial charge in [0.1, 0.15) is 5.75 Å². The Hall–Kier alpha value is -2.94. The van der Waals surface area contributed by atoms with Crippen LogP contribution in [0.25, 0.3) is 0 Å². The van der Waals surface area contributed by atoms with E-state index in [1.807, 2.05) is 6.26 Å². The van der Waals surface area contributed by atoms with Crippen LogP contribution in [0.2, 0.25) is 0 Å². The van der Waals surface area contributed by atoms with E-state index < -0.39 is 0 Å². The Morgan fingerprint density at radius 1 is 1.10 bits per heavy atom. The van der Waals surface area contributed by atoms with Gasteiger partial charge in [-0.15, -0.1) is 0 Å². The van der Waals surface area contributed by atoms with Crippen molar-refractivity contribution in [3.05, 3.63) is 52.4 Å². The maximum absolute atomic E-state index is 12.9. The number of ether oxygens (including phenoxy) is 1. The number of nitrogens with one attached hydrogen (secondary N) is 2. The predicted octanol–water partition coefficient (Wildman–Crippen LogP) is 2.81. The summed E-state index contributed by atoms with van der Waals surface area (Å²) in [6, 6.07) is 10.2. The highest BCUT2D eigenvalue weighted by Crippen LogP contribution is 2.38. The zero-order valence-electron chi connectivity index (χ0n) is 17.6. The first kappa shape index (κ1) is 21.3. The van der Waals surface area contributed by atoms with E-state index in [2.05, 4.69) is 10.6 Å². The Labute approximate surface area is 185 Å². The number of thioether (sulfide) groups is 1. The van der Waals surface area contributed by atoms with Crippen LogP contribution in [0.4, 0.5) is 16.2 Å². The molecule has 31 heavy (non-hydrogen) atoms. The lowest BCUT2D eigenvalue weighted by Gasteiger charge is -2.43. The number of benzene rings is 1. The third-order valence-electron chi connectivity index (χ3n) is 5.77. The van der Waals surface area contributed by atoms with Crippen molar-refractivity contribution in [1.82, 2.24) is 9.47 Å². The maximum Gasteiger partial charge on any atom is 0.321 e. The Bertz CT molecular complexity index is 1040. The van der Waals surface area contributed by atoms with Gasteiger partial charge < -0.3 is 24.8 Å². The van der Waals surface area contributed by atoms with Crippen LogP contribution in [0.5, 0.6) is 5.75 Å². The normalized spacial score (nSPS) is 19.4. The molecule has 0 saturated carbocycles. The number of anilines is 2. The number of rotatable bonds is 5. The summed E-state index contributed by atoms with van der Waals surface area (Å²) in [5.74, 6) is 1.17. The van der Waals surface area contributed by atoms with Crippen LogP contribution in [0.3, 0.4) is 0 Å². The number of carbonyl (C=O) groups is 2. The molecule has 1 aromatic heterocycles. The molecule has 9 heteroatoms. The molecule has 3 amide bonds. The van der Waals surface area contributed by atoms with Gasteiger partial charge in [0.25, 0.3) is 5.56 Å². The van der Waals surface area contributed by atoms with E-state index in [9.17, 15) is 14.4 Å². The molecule has 2 N–H and O–H groups in total. The van der Waals surface area contributed by atoms with Crippen molar-refractivity contribution in [2.75, 3.05) is 42.8 Å². The summed E-state index contributed by atoms with van der Waals surface area (Å²) in [6.45, 7) is 1.63. The molecule has 1 aromatic carbocycles. The standard InChI is InChI=1S/C22H26N4O4S/c1-30-17-5-3-16(4-6-17)23-22(29)25-10-14-9-15(12-25)21-18(24-19(27)13-31-2)7-8-20(28)26(21)11-14/h3-8,14-15H,9-13H2,1-2H3,(H,23,29)(H,24,27). The first-order valence-corrected chi connectivity index (χ1v) is 11.6. The van der Waals surface area contributed by atoms with Crippen molar-refractivity contribution in [1.29, 1.82) is 0 Å². The number of pyridine rings is 1. The van der Waals surface area contributed by atoms with E-state index in [-0.39, 0.29) is 29.3 Å². The second kappa shape index (κ2) is 9.05. The second-order valence-corrected chi connectivity index (χ2v) is 8.79. The number of piperidine rings is 1. The molecular formula is C22H26N4O4S. The molecule has 164 valence electrons. The molecule has 3 heterocycles. The first-order chi connectivity index (χ1) is 15.0. The van der Waals surface area contributed by atoms with Crippen molar-refractivity contribution in [2.24, 2.45) is 5.92 Å². The van der Waals surface area contributed by atoms with E-state index in [0.29, 0.717) is 36.8 Å². The molecule has 4 rings (SSSR count). The van der Waals surface area contributed by atoms with E-state index in [0.717, 1.165) is 17.9 Å². The summed E-state index contributed by atoms with van der Waals surface area (Å²) in [4.78, 5) is 39.4. The van der Waals surface area contributed by atoms with Crippen LogP contribution in [-0.2, 0) is 11.3 Å². The van der Waals surface area contributed by atoms with Crippen LogP contribution >= 0.6 is 11.8 Å². The number of likely N-dealkylation sites (tertiary alicyclic amines) is 1. The molecule has 1 saturated heterocycles. The Kier molecular flexibility index (Phi) is 6.22. The Morgan fingerprint density at radius 2 is 1.87 bits per heavy atom. The van der Waals surface area contributed by atoms with Crippen molar-refractivity contribution < 1.29 is 14.3 Å². The highest BCUT2D eigenvalue weighted by atomic mass is 32.2. The minimum atomic E-state index is -0.167. The van der Waals surface area contributed by atoms with Crippen molar-refractivity contribution >= 4 is 35.1 Å². The summed E-state index contributed by atoms with van der Waals surface area (Å²) in [6.07, 6.45) is 2.76. The monoisotopic (exact) mass is 442 g/mol. The molecule has 8 nitrogen and oxygen atoms in total. The van der Waals surface area contributed by atoms with Gasteiger partial charge in [0, 0.05) is 43.0 Å². The molecule has 2 bridgehead atoms. The molecule has 2 aromatic rings. The van der Waals surface area contributed by atoms with Gasteiger partial charge in [0.15, 0.2) is 0 Å². The molecule has 2 aliphatic rings. The summed E-state index contributed by atoms with van der Waals surface area (Å²) in [5.41, 5.74) is 2.12. The number of hydrogen-bond acceptors (Lipinski definition) is 5. The Morgan fingerprint density at radius 3 is 2.58 bits per heavy atom.